The van der Waals surface area contributed by atoms with Crippen molar-refractivity contribution in [3.63, 3.8) is 0 Å². The van der Waals surface area contributed by atoms with Gasteiger partial charge in [0.25, 0.3) is 0 Å². The van der Waals surface area contributed by atoms with Gasteiger partial charge in [-0.05, 0) is 25.4 Å². The fraction of sp³-hybridized carbons (Fsp3) is 0.833. The van der Waals surface area contributed by atoms with E-state index < -0.39 is 18.1 Å². The van der Waals surface area contributed by atoms with E-state index in [4.69, 9.17) is 5.11 Å². The average molecular weight is 256 g/mol. The lowest BCUT2D eigenvalue weighted by atomic mass is 9.86. The van der Waals surface area contributed by atoms with Crippen molar-refractivity contribution in [3.8, 4) is 0 Å². The number of piperidine rings is 1. The van der Waals surface area contributed by atoms with Gasteiger partial charge < -0.3 is 20.4 Å². The molecule has 2 aliphatic heterocycles. The lowest BCUT2D eigenvalue weighted by Gasteiger charge is -2.33. The molecule has 0 spiro atoms. The summed E-state index contributed by atoms with van der Waals surface area (Å²) < 4.78 is 0. The molecule has 2 rings (SSSR count). The van der Waals surface area contributed by atoms with Crippen molar-refractivity contribution in [2.45, 2.75) is 31.9 Å². The summed E-state index contributed by atoms with van der Waals surface area (Å²) in [7, 11) is 0. The second-order valence-corrected chi connectivity index (χ2v) is 5.31. The van der Waals surface area contributed by atoms with E-state index in [0.29, 0.717) is 0 Å². The zero-order valence-electron chi connectivity index (χ0n) is 10.5. The largest absolute Gasteiger partial charge is 0.480 e. The molecule has 2 fully saturated rings. The molecule has 2 aliphatic rings. The molecule has 1 amide bonds. The molecule has 0 aromatic rings. The number of carboxylic acids is 1. The Labute approximate surface area is 106 Å². The Morgan fingerprint density at radius 3 is 2.72 bits per heavy atom. The summed E-state index contributed by atoms with van der Waals surface area (Å²) in [5.41, 5.74) is 0. The van der Waals surface area contributed by atoms with Gasteiger partial charge >= 0.3 is 5.97 Å². The number of nitrogens with one attached hydrogen (secondary N) is 1. The Kier molecular flexibility index (Phi) is 3.87. The summed E-state index contributed by atoms with van der Waals surface area (Å²) in [5.74, 6) is -1.06. The van der Waals surface area contributed by atoms with Gasteiger partial charge in [-0.25, -0.2) is 4.79 Å². The highest BCUT2D eigenvalue weighted by atomic mass is 16.4. The molecule has 6 nitrogen and oxygen atoms in total. The zero-order chi connectivity index (χ0) is 13.3. The third-order valence-corrected chi connectivity index (χ3v) is 3.95. The van der Waals surface area contributed by atoms with Crippen LogP contribution in [0.2, 0.25) is 0 Å². The Hall–Kier alpha value is -1.14. The van der Waals surface area contributed by atoms with Crippen molar-refractivity contribution in [3.05, 3.63) is 0 Å². The first-order valence-electron chi connectivity index (χ1n) is 6.42. The maximum atomic E-state index is 12.4. The molecule has 0 bridgehead atoms. The monoisotopic (exact) mass is 256 g/mol. The molecule has 0 saturated carbocycles. The standard InChI is InChI=1S/C12H20N2O4/c1-7-5-13-3-2-9(7)11(16)14-6-8(15)4-10(14)12(17)18/h7-10,13,15H,2-6H2,1H3,(H,17,18)/t7?,8-,9?,10-/m1/s1. The van der Waals surface area contributed by atoms with Crippen molar-refractivity contribution < 1.29 is 19.8 Å². The fourth-order valence-electron chi connectivity index (χ4n) is 2.89. The van der Waals surface area contributed by atoms with Crippen LogP contribution >= 0.6 is 0 Å². The van der Waals surface area contributed by atoms with E-state index in [1.165, 1.54) is 4.90 Å². The lowest BCUT2D eigenvalue weighted by molar-refractivity contribution is -0.151. The normalized spacial score (nSPS) is 36.7. The molecule has 2 saturated heterocycles. The van der Waals surface area contributed by atoms with Crippen molar-refractivity contribution >= 4 is 11.9 Å². The first kappa shape index (κ1) is 13.3. The highest BCUT2D eigenvalue weighted by Gasteiger charge is 2.42. The van der Waals surface area contributed by atoms with Gasteiger partial charge in [0.1, 0.15) is 6.04 Å². The number of carbonyl (C=O) groups excluding carboxylic acids is 1. The number of nitrogens with zero attached hydrogens (tertiary/aromatic N) is 1. The summed E-state index contributed by atoms with van der Waals surface area (Å²) in [6.45, 7) is 3.71. The van der Waals surface area contributed by atoms with Crippen LogP contribution in [0.1, 0.15) is 19.8 Å². The van der Waals surface area contributed by atoms with Crippen LogP contribution < -0.4 is 5.32 Å². The Bertz CT molecular complexity index is 347. The predicted molar refractivity (Wildman–Crippen MR) is 63.9 cm³/mol. The van der Waals surface area contributed by atoms with Crippen molar-refractivity contribution in [1.29, 1.82) is 0 Å². The number of amides is 1. The van der Waals surface area contributed by atoms with Crippen LogP contribution in [0.25, 0.3) is 0 Å². The number of carboxylic acid groups (broad SMARTS) is 1. The Morgan fingerprint density at radius 1 is 1.39 bits per heavy atom. The summed E-state index contributed by atoms with van der Waals surface area (Å²) in [5, 5.41) is 21.9. The molecule has 0 radical (unpaired) electrons. The van der Waals surface area contributed by atoms with Crippen LogP contribution in [-0.2, 0) is 9.59 Å². The maximum absolute atomic E-state index is 12.4. The van der Waals surface area contributed by atoms with E-state index in [1.54, 1.807) is 0 Å². The van der Waals surface area contributed by atoms with E-state index in [9.17, 15) is 14.7 Å². The summed E-state index contributed by atoms with van der Waals surface area (Å²) in [4.78, 5) is 24.9. The van der Waals surface area contributed by atoms with Crippen molar-refractivity contribution in [2.75, 3.05) is 19.6 Å². The van der Waals surface area contributed by atoms with Crippen molar-refractivity contribution in [2.24, 2.45) is 11.8 Å². The van der Waals surface area contributed by atoms with E-state index >= 15 is 0 Å². The van der Waals surface area contributed by atoms with Gasteiger partial charge in [0, 0.05) is 18.9 Å². The molecule has 102 valence electrons. The van der Waals surface area contributed by atoms with Crippen LogP contribution in [-0.4, -0.2) is 58.8 Å². The Morgan fingerprint density at radius 2 is 2.11 bits per heavy atom. The number of β-amino-alcohol motifs (C(OH)–C–C–N with tert-alkyl or cyclic N) is 1. The minimum absolute atomic E-state index is 0.118. The van der Waals surface area contributed by atoms with Gasteiger partial charge in [-0.3, -0.25) is 4.79 Å². The van der Waals surface area contributed by atoms with E-state index in [-0.39, 0.29) is 30.7 Å². The molecule has 0 aromatic heterocycles. The molecule has 18 heavy (non-hydrogen) atoms. The predicted octanol–water partition coefficient (Wildman–Crippen LogP) is -0.722. The van der Waals surface area contributed by atoms with Crippen LogP contribution in [0, 0.1) is 11.8 Å². The first-order chi connectivity index (χ1) is 8.50. The highest BCUT2D eigenvalue weighted by Crippen LogP contribution is 2.26. The maximum Gasteiger partial charge on any atom is 0.326 e. The average Bonchev–Trinajstić information content (AvgIpc) is 2.71. The van der Waals surface area contributed by atoms with Crippen molar-refractivity contribution in [1.82, 2.24) is 10.2 Å². The van der Waals surface area contributed by atoms with Gasteiger partial charge in [-0.15, -0.1) is 0 Å². The Balaban J connectivity index is 2.09. The molecule has 6 heteroatoms. The quantitative estimate of drug-likeness (QED) is 0.606. The molecule has 2 unspecified atom stereocenters. The second-order valence-electron chi connectivity index (χ2n) is 5.31. The van der Waals surface area contributed by atoms with Gasteiger partial charge in [0.2, 0.25) is 5.91 Å². The number of carbonyl (C=O) groups is 2. The molecule has 0 aromatic carbocycles. The number of hydrogen-bond donors (Lipinski definition) is 3. The van der Waals surface area contributed by atoms with Crippen LogP contribution in [0.4, 0.5) is 0 Å². The molecule has 0 aliphatic carbocycles. The first-order valence-corrected chi connectivity index (χ1v) is 6.42. The van der Waals surface area contributed by atoms with Crippen LogP contribution in [0.3, 0.4) is 0 Å². The zero-order valence-corrected chi connectivity index (χ0v) is 10.5. The molecule has 4 atom stereocenters. The molecule has 3 N–H and O–H groups in total. The summed E-state index contributed by atoms with van der Waals surface area (Å²) in [6, 6.07) is -0.866. The summed E-state index contributed by atoms with van der Waals surface area (Å²) in [6.07, 6.45) is 0.159. The van der Waals surface area contributed by atoms with Gasteiger partial charge in [-0.2, -0.15) is 0 Å². The van der Waals surface area contributed by atoms with Gasteiger partial charge in [0.15, 0.2) is 0 Å². The number of rotatable bonds is 2. The lowest BCUT2D eigenvalue weighted by Crippen LogP contribution is -2.48. The van der Waals surface area contributed by atoms with Gasteiger partial charge in [-0.1, -0.05) is 6.92 Å². The van der Waals surface area contributed by atoms with Gasteiger partial charge in [0.05, 0.1) is 6.10 Å². The number of aliphatic carboxylic acids is 1. The molecular weight excluding hydrogens is 236 g/mol. The number of aliphatic hydroxyl groups is 1. The molecule has 2 heterocycles. The number of hydrogen-bond acceptors (Lipinski definition) is 4. The van der Waals surface area contributed by atoms with E-state index in [0.717, 1.165) is 19.5 Å². The van der Waals surface area contributed by atoms with E-state index in [1.807, 2.05) is 6.92 Å². The van der Waals surface area contributed by atoms with Crippen LogP contribution in [0.15, 0.2) is 0 Å². The third kappa shape index (κ3) is 2.49. The highest BCUT2D eigenvalue weighted by molar-refractivity contribution is 5.86. The third-order valence-electron chi connectivity index (χ3n) is 3.95. The SMILES string of the molecule is CC1CNCCC1C(=O)N1C[C@H](O)C[C@@H]1C(=O)O. The smallest absolute Gasteiger partial charge is 0.326 e. The number of likely N-dealkylation sites (tertiary alicyclic amines) is 1. The topological polar surface area (TPSA) is 89.9 Å². The summed E-state index contributed by atoms with van der Waals surface area (Å²) >= 11 is 0. The van der Waals surface area contributed by atoms with E-state index in [2.05, 4.69) is 5.32 Å². The number of aliphatic hydroxyl groups excluding tert-OH is 1. The van der Waals surface area contributed by atoms with Crippen LogP contribution in [0.5, 0.6) is 0 Å². The minimum Gasteiger partial charge on any atom is -0.480 e. The molecular formula is C12H20N2O4. The fourth-order valence-corrected chi connectivity index (χ4v) is 2.89. The minimum atomic E-state index is -1.03. The second kappa shape index (κ2) is 5.24.